The molecule has 21 heavy (non-hydrogen) atoms. The van der Waals surface area contributed by atoms with Gasteiger partial charge >= 0.3 is 0 Å². The Morgan fingerprint density at radius 1 is 1.33 bits per heavy atom. The number of aryl methyl sites for hydroxylation is 1. The molecule has 2 heterocycles. The summed E-state index contributed by atoms with van der Waals surface area (Å²) in [7, 11) is 0. The molecule has 2 aromatic heterocycles. The van der Waals surface area contributed by atoms with Crippen molar-refractivity contribution in [1.29, 1.82) is 0 Å². The Morgan fingerprint density at radius 3 is 2.90 bits per heavy atom. The number of hydrogen-bond donors (Lipinski definition) is 1. The van der Waals surface area contributed by atoms with Crippen LogP contribution in [0.1, 0.15) is 24.7 Å². The van der Waals surface area contributed by atoms with E-state index in [9.17, 15) is 9.18 Å². The van der Waals surface area contributed by atoms with Crippen LogP contribution in [0.15, 0.2) is 33.5 Å². The van der Waals surface area contributed by atoms with Gasteiger partial charge in [-0.15, -0.1) is 0 Å². The minimum absolute atomic E-state index is 0.171. The molecule has 0 radical (unpaired) electrons. The molecule has 0 saturated heterocycles. The Kier molecular flexibility index (Phi) is 3.33. The van der Waals surface area contributed by atoms with Crippen molar-refractivity contribution in [2.24, 2.45) is 0 Å². The van der Waals surface area contributed by atoms with Gasteiger partial charge in [-0.25, -0.2) is 9.37 Å². The van der Waals surface area contributed by atoms with Crippen LogP contribution >= 0.6 is 0 Å². The summed E-state index contributed by atoms with van der Waals surface area (Å²) in [5, 5.41) is 0.656. The second kappa shape index (κ2) is 5.16. The Bertz CT molecular complexity index is 864. The van der Waals surface area contributed by atoms with E-state index in [1.165, 1.54) is 12.1 Å². The largest absolute Gasteiger partial charge is 0.454 e. The summed E-state index contributed by atoms with van der Waals surface area (Å²) >= 11 is 0. The topological polar surface area (TPSA) is 58.9 Å². The lowest BCUT2D eigenvalue weighted by atomic mass is 10.2. The number of benzene rings is 1. The standard InChI is InChI=1S/C16H15FN2O2/c1-3-4-14-18-15(9(2)16(20)19-14)13-8-10-7-11(17)5-6-12(10)21-13/h5-8H,3-4H2,1-2H3,(H,18,19,20). The molecule has 1 N–H and O–H groups in total. The third kappa shape index (κ3) is 2.46. The number of fused-ring (bicyclic) bond motifs is 1. The second-order valence-electron chi connectivity index (χ2n) is 5.03. The van der Waals surface area contributed by atoms with E-state index < -0.39 is 0 Å². The van der Waals surface area contributed by atoms with Gasteiger partial charge in [-0.2, -0.15) is 0 Å². The Labute approximate surface area is 120 Å². The Morgan fingerprint density at radius 2 is 2.14 bits per heavy atom. The van der Waals surface area contributed by atoms with Gasteiger partial charge in [0.1, 0.15) is 22.9 Å². The Hall–Kier alpha value is -2.43. The molecule has 0 amide bonds. The normalized spacial score (nSPS) is 11.2. The number of aromatic nitrogens is 2. The fourth-order valence-electron chi connectivity index (χ4n) is 2.31. The highest BCUT2D eigenvalue weighted by Gasteiger charge is 2.14. The molecule has 0 unspecified atom stereocenters. The van der Waals surface area contributed by atoms with E-state index in [2.05, 4.69) is 9.97 Å². The molecule has 108 valence electrons. The highest BCUT2D eigenvalue weighted by atomic mass is 19.1. The molecule has 0 aliphatic carbocycles. The van der Waals surface area contributed by atoms with Gasteiger partial charge in [0.05, 0.1) is 0 Å². The zero-order valence-electron chi connectivity index (χ0n) is 11.9. The minimum Gasteiger partial charge on any atom is -0.454 e. The molecular formula is C16H15FN2O2. The van der Waals surface area contributed by atoms with E-state index >= 15 is 0 Å². The van der Waals surface area contributed by atoms with Crippen molar-refractivity contribution in [2.75, 3.05) is 0 Å². The Balaban J connectivity index is 2.19. The van der Waals surface area contributed by atoms with Crippen molar-refractivity contribution in [1.82, 2.24) is 9.97 Å². The maximum Gasteiger partial charge on any atom is 0.254 e. The third-order valence-electron chi connectivity index (χ3n) is 3.40. The lowest BCUT2D eigenvalue weighted by Crippen LogP contribution is -2.15. The molecule has 0 spiro atoms. The molecule has 4 nitrogen and oxygen atoms in total. The summed E-state index contributed by atoms with van der Waals surface area (Å²) in [4.78, 5) is 19.2. The van der Waals surface area contributed by atoms with E-state index in [-0.39, 0.29) is 11.4 Å². The summed E-state index contributed by atoms with van der Waals surface area (Å²) in [6, 6.07) is 6.03. The van der Waals surface area contributed by atoms with Gasteiger partial charge in [-0.1, -0.05) is 6.92 Å². The molecule has 3 rings (SSSR count). The molecule has 0 aliphatic rings. The number of H-pyrrole nitrogens is 1. The highest BCUT2D eigenvalue weighted by molar-refractivity contribution is 5.82. The summed E-state index contributed by atoms with van der Waals surface area (Å²) in [5.74, 6) is 0.795. The summed E-state index contributed by atoms with van der Waals surface area (Å²) in [5.41, 5.74) is 1.41. The van der Waals surface area contributed by atoms with Gasteiger partial charge in [-0.3, -0.25) is 4.79 Å². The molecule has 0 atom stereocenters. The van der Waals surface area contributed by atoms with Crippen LogP contribution in [0, 0.1) is 12.7 Å². The van der Waals surface area contributed by atoms with Crippen LogP contribution in [-0.2, 0) is 6.42 Å². The number of hydrogen-bond acceptors (Lipinski definition) is 3. The van der Waals surface area contributed by atoms with Crippen LogP contribution in [0.3, 0.4) is 0 Å². The smallest absolute Gasteiger partial charge is 0.254 e. The number of halogens is 1. The lowest BCUT2D eigenvalue weighted by Gasteiger charge is -2.04. The molecule has 0 fully saturated rings. The molecule has 0 bridgehead atoms. The molecule has 5 heteroatoms. The zero-order chi connectivity index (χ0) is 15.0. The maximum absolute atomic E-state index is 13.2. The fraction of sp³-hybridized carbons (Fsp3) is 0.250. The van der Waals surface area contributed by atoms with Gasteiger partial charge in [-0.05, 0) is 37.6 Å². The van der Waals surface area contributed by atoms with Crippen LogP contribution in [0.4, 0.5) is 4.39 Å². The average Bonchev–Trinajstić information content (AvgIpc) is 2.85. The van der Waals surface area contributed by atoms with Gasteiger partial charge < -0.3 is 9.40 Å². The quantitative estimate of drug-likeness (QED) is 0.800. The monoisotopic (exact) mass is 286 g/mol. The molecule has 1 aromatic carbocycles. The van der Waals surface area contributed by atoms with Crippen molar-refractivity contribution in [3.63, 3.8) is 0 Å². The van der Waals surface area contributed by atoms with Crippen LogP contribution in [-0.4, -0.2) is 9.97 Å². The van der Waals surface area contributed by atoms with Gasteiger partial charge in [0.15, 0.2) is 5.76 Å². The summed E-state index contributed by atoms with van der Waals surface area (Å²) < 4.78 is 18.9. The van der Waals surface area contributed by atoms with Crippen molar-refractivity contribution in [3.8, 4) is 11.5 Å². The highest BCUT2D eigenvalue weighted by Crippen LogP contribution is 2.28. The van der Waals surface area contributed by atoms with E-state index in [0.717, 1.165) is 6.42 Å². The predicted molar refractivity (Wildman–Crippen MR) is 78.8 cm³/mol. The van der Waals surface area contributed by atoms with E-state index in [4.69, 9.17) is 4.42 Å². The van der Waals surface area contributed by atoms with Gasteiger partial charge in [0.25, 0.3) is 5.56 Å². The summed E-state index contributed by atoms with van der Waals surface area (Å²) in [6.07, 6.45) is 1.58. The van der Waals surface area contributed by atoms with Gasteiger partial charge in [0, 0.05) is 17.4 Å². The zero-order valence-corrected chi connectivity index (χ0v) is 11.9. The molecular weight excluding hydrogens is 271 g/mol. The molecule has 3 aromatic rings. The van der Waals surface area contributed by atoms with E-state index in [0.29, 0.717) is 40.2 Å². The number of furan rings is 1. The number of nitrogens with zero attached hydrogens (tertiary/aromatic N) is 1. The van der Waals surface area contributed by atoms with Crippen LogP contribution in [0.25, 0.3) is 22.4 Å². The predicted octanol–water partition coefficient (Wildman–Crippen LogP) is 3.58. The number of aromatic amines is 1. The van der Waals surface area contributed by atoms with Gasteiger partial charge in [0.2, 0.25) is 0 Å². The van der Waals surface area contributed by atoms with Crippen molar-refractivity contribution < 1.29 is 8.81 Å². The SMILES string of the molecule is CCCc1nc(-c2cc3cc(F)ccc3o2)c(C)c(=O)[nH]1. The number of rotatable bonds is 3. The molecule has 0 saturated carbocycles. The first-order chi connectivity index (χ1) is 10.1. The van der Waals surface area contributed by atoms with Crippen molar-refractivity contribution in [2.45, 2.75) is 26.7 Å². The van der Waals surface area contributed by atoms with Crippen LogP contribution < -0.4 is 5.56 Å². The first-order valence-electron chi connectivity index (χ1n) is 6.87. The minimum atomic E-state index is -0.322. The van der Waals surface area contributed by atoms with Crippen LogP contribution in [0.2, 0.25) is 0 Å². The third-order valence-corrected chi connectivity index (χ3v) is 3.40. The summed E-state index contributed by atoms with van der Waals surface area (Å²) in [6.45, 7) is 3.72. The first-order valence-corrected chi connectivity index (χ1v) is 6.87. The van der Waals surface area contributed by atoms with E-state index in [1.807, 2.05) is 6.92 Å². The number of nitrogens with one attached hydrogen (secondary N) is 1. The maximum atomic E-state index is 13.2. The first kappa shape index (κ1) is 13.5. The van der Waals surface area contributed by atoms with Crippen molar-refractivity contribution >= 4 is 11.0 Å². The van der Waals surface area contributed by atoms with Crippen molar-refractivity contribution in [3.05, 3.63) is 51.8 Å². The second-order valence-corrected chi connectivity index (χ2v) is 5.03. The van der Waals surface area contributed by atoms with E-state index in [1.54, 1.807) is 19.1 Å². The fourth-order valence-corrected chi connectivity index (χ4v) is 2.31. The average molecular weight is 286 g/mol. The lowest BCUT2D eigenvalue weighted by molar-refractivity contribution is 0.616. The molecule has 0 aliphatic heterocycles. The van der Waals surface area contributed by atoms with Crippen LogP contribution in [0.5, 0.6) is 0 Å².